The molecule has 1 aliphatic rings. The molecule has 0 N–H and O–H groups in total. The Morgan fingerprint density at radius 3 is 2.92 bits per heavy atom. The van der Waals surface area contributed by atoms with E-state index in [0.29, 0.717) is 23.6 Å². The second-order valence-electron chi connectivity index (χ2n) is 6.15. The quantitative estimate of drug-likeness (QED) is 0.847. The topological polar surface area (TPSA) is 80.5 Å². The number of carbonyl (C=O) groups is 1. The number of sulfone groups is 1. The van der Waals surface area contributed by atoms with E-state index in [9.17, 15) is 13.2 Å². The highest BCUT2D eigenvalue weighted by Gasteiger charge is 2.30. The maximum Gasteiger partial charge on any atom is 0.254 e. The van der Waals surface area contributed by atoms with Crippen molar-refractivity contribution < 1.29 is 17.6 Å². The van der Waals surface area contributed by atoms with Crippen LogP contribution in [0.15, 0.2) is 41.1 Å². The number of piperidine rings is 1. The van der Waals surface area contributed by atoms with Gasteiger partial charge in [-0.1, -0.05) is 0 Å². The van der Waals surface area contributed by atoms with Gasteiger partial charge in [0, 0.05) is 30.6 Å². The van der Waals surface area contributed by atoms with Crippen LogP contribution in [0.2, 0.25) is 0 Å². The number of rotatable bonds is 4. The highest BCUT2D eigenvalue weighted by atomic mass is 32.2. The first-order valence-electron chi connectivity index (χ1n) is 7.93. The van der Waals surface area contributed by atoms with Crippen LogP contribution >= 0.6 is 0 Å². The van der Waals surface area contributed by atoms with E-state index in [4.69, 9.17) is 4.42 Å². The summed E-state index contributed by atoms with van der Waals surface area (Å²) in [5.41, 5.74) is 1.08. The Morgan fingerprint density at radius 2 is 2.21 bits per heavy atom. The summed E-state index contributed by atoms with van der Waals surface area (Å²) in [6.45, 7) is 0.581. The van der Waals surface area contributed by atoms with E-state index in [1.165, 1.54) is 6.26 Å². The molecular formula is C17H20N2O4S. The first kappa shape index (κ1) is 16.7. The molecule has 3 rings (SSSR count). The Balaban J connectivity index is 1.85. The number of furan rings is 1. The fraction of sp³-hybridized carbons (Fsp3) is 0.412. The number of likely N-dealkylation sites (tertiary alicyclic amines) is 1. The molecule has 1 atom stereocenters. The summed E-state index contributed by atoms with van der Waals surface area (Å²) in [7, 11) is -3.14. The SMILES string of the molecule is CS(=O)(=O)CC1CCCCN1C(=O)c1ccnc(-c2ccco2)c1. The van der Waals surface area contributed by atoms with Crippen LogP contribution in [0.5, 0.6) is 0 Å². The van der Waals surface area contributed by atoms with Crippen LogP contribution in [-0.4, -0.2) is 48.8 Å². The van der Waals surface area contributed by atoms with Gasteiger partial charge in [-0.25, -0.2) is 8.42 Å². The maximum absolute atomic E-state index is 12.9. The number of amides is 1. The molecular weight excluding hydrogens is 328 g/mol. The fourth-order valence-corrected chi connectivity index (χ4v) is 4.12. The summed E-state index contributed by atoms with van der Waals surface area (Å²) in [5, 5.41) is 0. The average molecular weight is 348 g/mol. The van der Waals surface area contributed by atoms with Crippen molar-refractivity contribution in [3.05, 3.63) is 42.3 Å². The Bertz CT molecular complexity index is 815. The summed E-state index contributed by atoms with van der Waals surface area (Å²) < 4.78 is 28.6. The van der Waals surface area contributed by atoms with Crippen molar-refractivity contribution >= 4 is 15.7 Å². The number of pyridine rings is 1. The molecule has 0 aromatic carbocycles. The molecule has 2 aromatic rings. The van der Waals surface area contributed by atoms with Crippen LogP contribution in [0.3, 0.4) is 0 Å². The molecule has 1 aliphatic heterocycles. The molecule has 1 saturated heterocycles. The largest absolute Gasteiger partial charge is 0.463 e. The smallest absolute Gasteiger partial charge is 0.254 e. The molecule has 1 amide bonds. The van der Waals surface area contributed by atoms with Crippen LogP contribution in [0, 0.1) is 0 Å². The van der Waals surface area contributed by atoms with Crippen molar-refractivity contribution in [2.24, 2.45) is 0 Å². The predicted octanol–water partition coefficient (Wildman–Crippen LogP) is 2.38. The van der Waals surface area contributed by atoms with E-state index in [1.807, 2.05) is 0 Å². The summed E-state index contributed by atoms with van der Waals surface area (Å²) >= 11 is 0. The normalized spacial score (nSPS) is 18.5. The Kier molecular flexibility index (Phi) is 4.71. The van der Waals surface area contributed by atoms with Crippen molar-refractivity contribution in [3.63, 3.8) is 0 Å². The summed E-state index contributed by atoms with van der Waals surface area (Å²) in [6.07, 6.45) is 6.89. The molecule has 24 heavy (non-hydrogen) atoms. The van der Waals surface area contributed by atoms with E-state index in [0.717, 1.165) is 19.3 Å². The van der Waals surface area contributed by atoms with E-state index in [-0.39, 0.29) is 17.7 Å². The fourth-order valence-electron chi connectivity index (χ4n) is 3.08. The average Bonchev–Trinajstić information content (AvgIpc) is 3.08. The number of hydrogen-bond acceptors (Lipinski definition) is 5. The van der Waals surface area contributed by atoms with Gasteiger partial charge in [-0.05, 0) is 43.5 Å². The lowest BCUT2D eigenvalue weighted by Crippen LogP contribution is -2.47. The van der Waals surface area contributed by atoms with E-state index >= 15 is 0 Å². The molecule has 0 saturated carbocycles. The highest BCUT2D eigenvalue weighted by Crippen LogP contribution is 2.23. The van der Waals surface area contributed by atoms with Crippen LogP contribution in [-0.2, 0) is 9.84 Å². The molecule has 1 fully saturated rings. The molecule has 128 valence electrons. The zero-order valence-corrected chi connectivity index (χ0v) is 14.3. The number of nitrogens with zero attached hydrogens (tertiary/aromatic N) is 2. The van der Waals surface area contributed by atoms with Crippen LogP contribution in [0.4, 0.5) is 0 Å². The van der Waals surface area contributed by atoms with Crippen LogP contribution in [0.1, 0.15) is 29.6 Å². The van der Waals surface area contributed by atoms with Crippen molar-refractivity contribution in [1.82, 2.24) is 9.88 Å². The maximum atomic E-state index is 12.9. The lowest BCUT2D eigenvalue weighted by Gasteiger charge is -2.35. The van der Waals surface area contributed by atoms with Gasteiger partial charge in [0.05, 0.1) is 12.0 Å². The minimum absolute atomic E-state index is 0.00879. The highest BCUT2D eigenvalue weighted by molar-refractivity contribution is 7.90. The Morgan fingerprint density at radius 1 is 1.38 bits per heavy atom. The molecule has 7 heteroatoms. The Labute approximate surface area is 141 Å². The second kappa shape index (κ2) is 6.76. The zero-order valence-electron chi connectivity index (χ0n) is 13.5. The minimum Gasteiger partial charge on any atom is -0.463 e. The van der Waals surface area contributed by atoms with Crippen LogP contribution in [0.25, 0.3) is 11.5 Å². The molecule has 0 spiro atoms. The van der Waals surface area contributed by atoms with Gasteiger partial charge in [0.25, 0.3) is 5.91 Å². The molecule has 0 bridgehead atoms. The van der Waals surface area contributed by atoms with Gasteiger partial charge < -0.3 is 9.32 Å². The first-order valence-corrected chi connectivity index (χ1v) is 9.99. The van der Waals surface area contributed by atoms with E-state index < -0.39 is 9.84 Å². The molecule has 0 aliphatic carbocycles. The molecule has 3 heterocycles. The Hall–Kier alpha value is -2.15. The number of aromatic nitrogens is 1. The molecule has 1 unspecified atom stereocenters. The summed E-state index contributed by atoms with van der Waals surface area (Å²) in [5.74, 6) is 0.448. The van der Waals surface area contributed by atoms with Gasteiger partial charge in [-0.3, -0.25) is 9.78 Å². The monoisotopic (exact) mass is 348 g/mol. The van der Waals surface area contributed by atoms with Gasteiger partial charge in [0.15, 0.2) is 5.76 Å². The van der Waals surface area contributed by atoms with Gasteiger partial charge >= 0.3 is 0 Å². The molecule has 2 aromatic heterocycles. The predicted molar refractivity (Wildman–Crippen MR) is 90.3 cm³/mol. The lowest BCUT2D eigenvalue weighted by molar-refractivity contribution is 0.0639. The molecule has 0 radical (unpaired) electrons. The van der Waals surface area contributed by atoms with Gasteiger partial charge in [0.2, 0.25) is 0 Å². The summed E-state index contributed by atoms with van der Waals surface area (Å²) in [4.78, 5) is 18.8. The van der Waals surface area contributed by atoms with Crippen molar-refractivity contribution in [2.75, 3.05) is 18.6 Å². The number of carbonyl (C=O) groups excluding carboxylic acids is 1. The third kappa shape index (κ3) is 3.84. The van der Waals surface area contributed by atoms with Crippen molar-refractivity contribution in [3.8, 4) is 11.5 Å². The second-order valence-corrected chi connectivity index (χ2v) is 8.33. The first-order chi connectivity index (χ1) is 11.4. The van der Waals surface area contributed by atoms with E-state index in [1.54, 1.807) is 41.6 Å². The lowest BCUT2D eigenvalue weighted by atomic mass is 10.0. The number of hydrogen-bond donors (Lipinski definition) is 0. The van der Waals surface area contributed by atoms with Crippen LogP contribution < -0.4 is 0 Å². The molecule has 6 nitrogen and oxygen atoms in total. The third-order valence-corrected chi connectivity index (χ3v) is 5.15. The third-order valence-electron chi connectivity index (χ3n) is 4.16. The standard InChI is InChI=1S/C17H20N2O4S/c1-24(21,22)12-14-5-2-3-9-19(14)17(20)13-7-8-18-15(11-13)16-6-4-10-23-16/h4,6-8,10-11,14H,2-3,5,9,12H2,1H3. The minimum atomic E-state index is -3.14. The van der Waals surface area contributed by atoms with Crippen molar-refractivity contribution in [1.29, 1.82) is 0 Å². The van der Waals surface area contributed by atoms with Crippen molar-refractivity contribution in [2.45, 2.75) is 25.3 Å². The van der Waals surface area contributed by atoms with Gasteiger partial charge in [-0.15, -0.1) is 0 Å². The zero-order chi connectivity index (χ0) is 17.2. The summed E-state index contributed by atoms with van der Waals surface area (Å²) in [6, 6.07) is 6.62. The van der Waals surface area contributed by atoms with Gasteiger partial charge in [-0.2, -0.15) is 0 Å². The van der Waals surface area contributed by atoms with E-state index in [2.05, 4.69) is 4.98 Å². The van der Waals surface area contributed by atoms with Gasteiger partial charge in [0.1, 0.15) is 15.5 Å².